The second-order valence-electron chi connectivity index (χ2n) is 6.61. The van der Waals surface area contributed by atoms with E-state index in [-0.39, 0.29) is 30.3 Å². The monoisotopic (exact) mass is 432 g/mol. The Bertz CT molecular complexity index is 1190. The number of para-hydroxylation sites is 1. The summed E-state index contributed by atoms with van der Waals surface area (Å²) in [6, 6.07) is 12.2. The number of amides is 1. The molecule has 9 heteroatoms. The Morgan fingerprint density at radius 3 is 2.63 bits per heavy atom. The van der Waals surface area contributed by atoms with Crippen LogP contribution in [-0.2, 0) is 36.5 Å². The molecule has 0 spiro atoms. The van der Waals surface area contributed by atoms with Gasteiger partial charge in [-0.15, -0.1) is 0 Å². The molecule has 0 aliphatic rings. The number of halogens is 1. The highest BCUT2D eigenvalue weighted by atomic mass is 32.2. The molecule has 1 amide bonds. The molecule has 0 unspecified atom stereocenters. The first kappa shape index (κ1) is 21.5. The van der Waals surface area contributed by atoms with Gasteiger partial charge < -0.3 is 14.6 Å². The van der Waals surface area contributed by atoms with E-state index in [9.17, 15) is 22.4 Å². The normalized spacial score (nSPS) is 11.4. The largest absolute Gasteiger partial charge is 0.465 e. The van der Waals surface area contributed by atoms with Gasteiger partial charge in [0.05, 0.1) is 17.3 Å². The van der Waals surface area contributed by atoms with Crippen LogP contribution in [0.1, 0.15) is 12.5 Å². The number of aromatic nitrogens is 1. The predicted molar refractivity (Wildman–Crippen MR) is 109 cm³/mol. The summed E-state index contributed by atoms with van der Waals surface area (Å²) in [6.45, 7) is 1.44. The van der Waals surface area contributed by atoms with E-state index in [4.69, 9.17) is 4.74 Å². The lowest BCUT2D eigenvalue weighted by molar-refractivity contribution is -0.143. The molecule has 158 valence electrons. The number of carbonyl (C=O) groups excluding carboxylic acids is 2. The molecule has 2 aromatic carbocycles. The van der Waals surface area contributed by atoms with Gasteiger partial charge in [-0.1, -0.05) is 30.3 Å². The van der Waals surface area contributed by atoms with E-state index in [0.717, 1.165) is 0 Å². The van der Waals surface area contributed by atoms with Crippen molar-refractivity contribution >= 4 is 32.6 Å². The zero-order chi connectivity index (χ0) is 21.7. The molecule has 1 N–H and O–H groups in total. The molecule has 0 saturated heterocycles. The first-order valence-corrected chi connectivity index (χ1v) is 10.9. The van der Waals surface area contributed by atoms with Gasteiger partial charge in [0, 0.05) is 17.1 Å². The number of esters is 1. The summed E-state index contributed by atoms with van der Waals surface area (Å²) in [5.74, 6) is -1.89. The van der Waals surface area contributed by atoms with E-state index in [1.807, 2.05) is 0 Å². The summed E-state index contributed by atoms with van der Waals surface area (Å²) in [6.07, 6.45) is 1.39. The highest BCUT2D eigenvalue weighted by Crippen LogP contribution is 2.28. The van der Waals surface area contributed by atoms with Crippen LogP contribution in [0.25, 0.3) is 10.9 Å². The minimum atomic E-state index is -3.80. The van der Waals surface area contributed by atoms with Crippen LogP contribution in [0.3, 0.4) is 0 Å². The summed E-state index contributed by atoms with van der Waals surface area (Å²) in [5.41, 5.74) is 0.889. The molecule has 0 radical (unpaired) electrons. The molecular weight excluding hydrogens is 411 g/mol. The molecule has 0 aliphatic carbocycles. The van der Waals surface area contributed by atoms with Gasteiger partial charge in [-0.2, -0.15) is 0 Å². The van der Waals surface area contributed by atoms with Crippen molar-refractivity contribution in [1.29, 1.82) is 0 Å². The number of fused-ring (bicyclic) bond motifs is 1. The smallest absolute Gasteiger partial charge is 0.325 e. The molecule has 1 aromatic heterocycles. The number of carbonyl (C=O) groups is 2. The van der Waals surface area contributed by atoms with Crippen LogP contribution in [0.2, 0.25) is 0 Å². The Labute approximate surface area is 173 Å². The third-order valence-electron chi connectivity index (χ3n) is 4.38. The van der Waals surface area contributed by atoms with Gasteiger partial charge in [0.25, 0.3) is 0 Å². The van der Waals surface area contributed by atoms with Crippen molar-refractivity contribution in [1.82, 2.24) is 9.88 Å². The van der Waals surface area contributed by atoms with Crippen LogP contribution in [0.5, 0.6) is 0 Å². The second kappa shape index (κ2) is 9.08. The highest BCUT2D eigenvalue weighted by Gasteiger charge is 2.22. The van der Waals surface area contributed by atoms with Crippen molar-refractivity contribution in [3.05, 3.63) is 66.1 Å². The van der Waals surface area contributed by atoms with E-state index < -0.39 is 27.5 Å². The van der Waals surface area contributed by atoms with Gasteiger partial charge in [-0.25, -0.2) is 12.8 Å². The maximum Gasteiger partial charge on any atom is 0.325 e. The number of hydrogen-bond donors (Lipinski definition) is 1. The second-order valence-corrected chi connectivity index (χ2v) is 8.57. The fraction of sp³-hybridized carbons (Fsp3) is 0.238. The third kappa shape index (κ3) is 5.04. The number of nitrogens with zero attached hydrogens (tertiary/aromatic N) is 1. The highest BCUT2D eigenvalue weighted by molar-refractivity contribution is 7.90. The Balaban J connectivity index is 1.86. The molecule has 30 heavy (non-hydrogen) atoms. The van der Waals surface area contributed by atoms with E-state index >= 15 is 0 Å². The topological polar surface area (TPSA) is 94.5 Å². The molecule has 0 atom stereocenters. The van der Waals surface area contributed by atoms with Crippen molar-refractivity contribution in [2.75, 3.05) is 13.2 Å². The molecule has 3 aromatic rings. The standard InChI is InChI=1S/C21H21FN2O5S/c1-2-29-21(26)11-23-20(25)13-24-12-19(17-8-3-4-9-18(17)24)30(27,28)14-15-6-5-7-16(22)10-15/h3-10,12H,2,11,13-14H2,1H3,(H,23,25). The van der Waals surface area contributed by atoms with Crippen LogP contribution in [0.4, 0.5) is 4.39 Å². The van der Waals surface area contributed by atoms with E-state index in [0.29, 0.717) is 16.5 Å². The van der Waals surface area contributed by atoms with Crippen molar-refractivity contribution in [3.63, 3.8) is 0 Å². The summed E-state index contributed by atoms with van der Waals surface area (Å²) < 4.78 is 45.7. The number of sulfone groups is 1. The first-order chi connectivity index (χ1) is 14.3. The van der Waals surface area contributed by atoms with E-state index in [1.54, 1.807) is 37.3 Å². The molecule has 1 heterocycles. The number of nitrogens with one attached hydrogen (secondary N) is 1. The first-order valence-electron chi connectivity index (χ1n) is 9.27. The van der Waals surface area contributed by atoms with Gasteiger partial charge in [-0.05, 0) is 30.7 Å². The molecule has 7 nitrogen and oxygen atoms in total. The quantitative estimate of drug-likeness (QED) is 0.552. The van der Waals surface area contributed by atoms with E-state index in [2.05, 4.69) is 5.32 Å². The number of rotatable bonds is 8. The maximum absolute atomic E-state index is 13.4. The molecule has 3 rings (SSSR count). The average molecular weight is 432 g/mol. The molecule has 0 fully saturated rings. The lowest BCUT2D eigenvalue weighted by Gasteiger charge is -2.07. The molecule has 0 aliphatic heterocycles. The summed E-state index contributed by atoms with van der Waals surface area (Å²) in [7, 11) is -3.80. The Morgan fingerprint density at radius 2 is 1.90 bits per heavy atom. The SMILES string of the molecule is CCOC(=O)CNC(=O)Cn1cc(S(=O)(=O)Cc2cccc(F)c2)c2ccccc21. The van der Waals surface area contributed by atoms with Gasteiger partial charge in [-0.3, -0.25) is 9.59 Å². The van der Waals surface area contributed by atoms with Crippen molar-refractivity contribution < 1.29 is 27.1 Å². The molecular formula is C21H21FN2O5S. The van der Waals surface area contributed by atoms with Crippen LogP contribution in [0, 0.1) is 5.82 Å². The van der Waals surface area contributed by atoms with Crippen molar-refractivity contribution in [3.8, 4) is 0 Å². The number of ether oxygens (including phenoxy) is 1. The van der Waals surface area contributed by atoms with Crippen LogP contribution >= 0.6 is 0 Å². The number of benzene rings is 2. The van der Waals surface area contributed by atoms with Crippen LogP contribution < -0.4 is 5.32 Å². The minimum absolute atomic E-state index is 0.0561. The maximum atomic E-state index is 13.4. The van der Waals surface area contributed by atoms with Crippen LogP contribution in [-0.4, -0.2) is 38.0 Å². The lowest BCUT2D eigenvalue weighted by Crippen LogP contribution is -2.33. The Hall–Kier alpha value is -3.20. The third-order valence-corrected chi connectivity index (χ3v) is 6.09. The Morgan fingerprint density at radius 1 is 1.13 bits per heavy atom. The van der Waals surface area contributed by atoms with E-state index in [1.165, 1.54) is 29.0 Å². The summed E-state index contributed by atoms with van der Waals surface area (Å²) in [5, 5.41) is 2.91. The minimum Gasteiger partial charge on any atom is -0.465 e. The Kier molecular flexibility index (Phi) is 6.51. The van der Waals surface area contributed by atoms with Crippen LogP contribution in [0.15, 0.2) is 59.6 Å². The fourth-order valence-corrected chi connectivity index (χ4v) is 4.68. The summed E-state index contributed by atoms with van der Waals surface area (Å²) >= 11 is 0. The average Bonchev–Trinajstić information content (AvgIpc) is 3.06. The lowest BCUT2D eigenvalue weighted by atomic mass is 10.2. The number of hydrogen-bond acceptors (Lipinski definition) is 5. The van der Waals surface area contributed by atoms with Gasteiger partial charge in [0.1, 0.15) is 18.9 Å². The zero-order valence-corrected chi connectivity index (χ0v) is 17.1. The fourth-order valence-electron chi connectivity index (χ4n) is 3.11. The van der Waals surface area contributed by atoms with Gasteiger partial charge >= 0.3 is 5.97 Å². The zero-order valence-electron chi connectivity index (χ0n) is 16.3. The van der Waals surface area contributed by atoms with Crippen molar-refractivity contribution in [2.45, 2.75) is 24.1 Å². The molecule has 0 bridgehead atoms. The summed E-state index contributed by atoms with van der Waals surface area (Å²) in [4.78, 5) is 23.7. The molecule has 0 saturated carbocycles. The van der Waals surface area contributed by atoms with Gasteiger partial charge in [0.15, 0.2) is 9.84 Å². The van der Waals surface area contributed by atoms with Crippen molar-refractivity contribution in [2.24, 2.45) is 0 Å². The van der Waals surface area contributed by atoms with Gasteiger partial charge in [0.2, 0.25) is 5.91 Å². The predicted octanol–water partition coefficient (Wildman–Crippen LogP) is 2.43.